The van der Waals surface area contributed by atoms with Gasteiger partial charge >= 0.3 is 0 Å². The molecule has 22 heavy (non-hydrogen) atoms. The lowest BCUT2D eigenvalue weighted by molar-refractivity contribution is -0.114. The summed E-state index contributed by atoms with van der Waals surface area (Å²) in [5, 5.41) is 7.85. The van der Waals surface area contributed by atoms with Crippen LogP contribution in [0.5, 0.6) is 0 Å². The number of hydrogen-bond acceptors (Lipinski definition) is 5. The van der Waals surface area contributed by atoms with Gasteiger partial charge in [0.15, 0.2) is 5.13 Å². The van der Waals surface area contributed by atoms with Gasteiger partial charge in [0.05, 0.1) is 11.5 Å². The highest BCUT2D eigenvalue weighted by molar-refractivity contribution is 8.00. The number of aromatic nitrogens is 1. The third-order valence-corrected chi connectivity index (χ3v) is 4.41. The molecule has 0 saturated heterocycles. The molecule has 0 aliphatic carbocycles. The molecule has 116 valence electrons. The summed E-state index contributed by atoms with van der Waals surface area (Å²) in [6, 6.07) is 7.75. The van der Waals surface area contributed by atoms with Gasteiger partial charge in [0.1, 0.15) is 0 Å². The van der Waals surface area contributed by atoms with Gasteiger partial charge in [-0.3, -0.25) is 9.59 Å². The molecule has 0 unspecified atom stereocenters. The highest BCUT2D eigenvalue weighted by atomic mass is 32.2. The number of amides is 2. The van der Waals surface area contributed by atoms with Gasteiger partial charge in [0, 0.05) is 17.3 Å². The lowest BCUT2D eigenvalue weighted by atomic mass is 10.1. The zero-order valence-corrected chi connectivity index (χ0v) is 13.8. The van der Waals surface area contributed by atoms with Crippen molar-refractivity contribution < 1.29 is 9.59 Å². The van der Waals surface area contributed by atoms with Gasteiger partial charge in [-0.1, -0.05) is 19.1 Å². The second-order valence-electron chi connectivity index (χ2n) is 4.48. The van der Waals surface area contributed by atoms with Crippen LogP contribution in [0.4, 0.5) is 10.8 Å². The Hall–Kier alpha value is -1.86. The van der Waals surface area contributed by atoms with Crippen molar-refractivity contribution in [3.8, 4) is 0 Å². The van der Waals surface area contributed by atoms with E-state index in [0.717, 1.165) is 12.1 Å². The molecule has 2 N–H and O–H groups in total. The molecular weight excluding hydrogens is 318 g/mol. The average Bonchev–Trinajstić information content (AvgIpc) is 3.01. The first kappa shape index (κ1) is 16.5. The van der Waals surface area contributed by atoms with Crippen LogP contribution < -0.4 is 10.6 Å². The fourth-order valence-corrected chi connectivity index (χ4v) is 2.86. The first-order chi connectivity index (χ1) is 10.7. The van der Waals surface area contributed by atoms with Crippen molar-refractivity contribution in [3.05, 3.63) is 41.4 Å². The molecule has 0 aliphatic heterocycles. The largest absolute Gasteiger partial charge is 0.325 e. The van der Waals surface area contributed by atoms with Crippen molar-refractivity contribution in [2.75, 3.05) is 22.1 Å². The number of carbonyl (C=O) groups is 2. The molecule has 0 fully saturated rings. The van der Waals surface area contributed by atoms with E-state index < -0.39 is 0 Å². The standard InChI is InChI=1S/C15H17N3O2S2/c1-2-11-3-5-12(6-4-11)17-13(19)9-21-10-14(20)18-15-16-7-8-22-15/h3-8H,2,9-10H2,1H3,(H,17,19)(H,16,18,20). The molecule has 0 bridgehead atoms. The maximum absolute atomic E-state index is 11.8. The minimum absolute atomic E-state index is 0.115. The van der Waals surface area contributed by atoms with Crippen LogP contribution in [0.2, 0.25) is 0 Å². The Morgan fingerprint density at radius 3 is 2.41 bits per heavy atom. The van der Waals surface area contributed by atoms with Crippen molar-refractivity contribution in [1.82, 2.24) is 4.98 Å². The van der Waals surface area contributed by atoms with Crippen molar-refractivity contribution in [2.45, 2.75) is 13.3 Å². The molecule has 0 spiro atoms. The Labute approximate surface area is 137 Å². The first-order valence-corrected chi connectivity index (χ1v) is 8.86. The first-order valence-electron chi connectivity index (χ1n) is 6.83. The van der Waals surface area contributed by atoms with Gasteiger partial charge in [0.25, 0.3) is 0 Å². The van der Waals surface area contributed by atoms with E-state index in [1.807, 2.05) is 24.3 Å². The Balaban J connectivity index is 1.67. The van der Waals surface area contributed by atoms with Crippen molar-refractivity contribution in [2.24, 2.45) is 0 Å². The lowest BCUT2D eigenvalue weighted by Crippen LogP contribution is -2.18. The molecule has 1 aromatic heterocycles. The topological polar surface area (TPSA) is 71.1 Å². The number of nitrogens with zero attached hydrogens (tertiary/aromatic N) is 1. The Kier molecular flexibility index (Phi) is 6.42. The van der Waals surface area contributed by atoms with Crippen molar-refractivity contribution in [3.63, 3.8) is 0 Å². The number of aryl methyl sites for hydroxylation is 1. The van der Waals surface area contributed by atoms with Crippen LogP contribution in [-0.2, 0) is 16.0 Å². The van der Waals surface area contributed by atoms with Crippen molar-refractivity contribution in [1.29, 1.82) is 0 Å². The van der Waals surface area contributed by atoms with Crippen LogP contribution in [0.3, 0.4) is 0 Å². The summed E-state index contributed by atoms with van der Waals surface area (Å²) in [6.45, 7) is 2.08. The van der Waals surface area contributed by atoms with E-state index in [0.29, 0.717) is 5.13 Å². The number of anilines is 2. The summed E-state index contributed by atoms with van der Waals surface area (Å²) < 4.78 is 0. The highest BCUT2D eigenvalue weighted by Gasteiger charge is 2.07. The second kappa shape index (κ2) is 8.55. The van der Waals surface area contributed by atoms with Crippen LogP contribution in [0.15, 0.2) is 35.8 Å². The molecule has 7 heteroatoms. The Morgan fingerprint density at radius 2 is 1.82 bits per heavy atom. The van der Waals surface area contributed by atoms with E-state index in [2.05, 4.69) is 22.5 Å². The number of hydrogen-bond donors (Lipinski definition) is 2. The number of nitrogens with one attached hydrogen (secondary N) is 2. The minimum atomic E-state index is -0.153. The molecule has 1 aromatic carbocycles. The van der Waals surface area contributed by atoms with Crippen LogP contribution in [0, 0.1) is 0 Å². The van der Waals surface area contributed by atoms with E-state index in [4.69, 9.17) is 0 Å². The van der Waals surface area contributed by atoms with E-state index in [1.165, 1.54) is 28.7 Å². The van der Waals surface area contributed by atoms with E-state index in [9.17, 15) is 9.59 Å². The highest BCUT2D eigenvalue weighted by Crippen LogP contribution is 2.12. The number of carbonyl (C=O) groups excluding carboxylic acids is 2. The molecule has 2 aromatic rings. The molecule has 0 saturated carbocycles. The average molecular weight is 335 g/mol. The summed E-state index contributed by atoms with van der Waals surface area (Å²) >= 11 is 2.64. The van der Waals surface area contributed by atoms with Crippen LogP contribution >= 0.6 is 23.1 Å². The third-order valence-electron chi connectivity index (χ3n) is 2.79. The zero-order valence-electron chi connectivity index (χ0n) is 12.2. The van der Waals surface area contributed by atoms with Gasteiger partial charge in [-0.2, -0.15) is 0 Å². The van der Waals surface area contributed by atoms with E-state index in [-0.39, 0.29) is 23.3 Å². The summed E-state index contributed by atoms with van der Waals surface area (Å²) in [5.74, 6) is 0.194. The monoisotopic (exact) mass is 335 g/mol. The maximum atomic E-state index is 11.8. The number of thiazole rings is 1. The second-order valence-corrected chi connectivity index (χ2v) is 6.36. The van der Waals surface area contributed by atoms with Crippen LogP contribution in [-0.4, -0.2) is 28.3 Å². The predicted octanol–water partition coefficient (Wildman–Crippen LogP) is 3.02. The number of rotatable bonds is 7. The van der Waals surface area contributed by atoms with Gasteiger partial charge < -0.3 is 10.6 Å². The summed E-state index contributed by atoms with van der Waals surface area (Å²) in [6.07, 6.45) is 2.60. The fraction of sp³-hybridized carbons (Fsp3) is 0.267. The third kappa shape index (κ3) is 5.50. The predicted molar refractivity (Wildman–Crippen MR) is 92.5 cm³/mol. The normalized spacial score (nSPS) is 10.2. The SMILES string of the molecule is CCc1ccc(NC(=O)CSCC(=O)Nc2nccs2)cc1. The molecule has 1 heterocycles. The Bertz CT molecular complexity index is 612. The minimum Gasteiger partial charge on any atom is -0.325 e. The number of benzene rings is 1. The lowest BCUT2D eigenvalue weighted by Gasteiger charge is -2.06. The molecule has 2 rings (SSSR count). The van der Waals surface area contributed by atoms with E-state index in [1.54, 1.807) is 11.6 Å². The smallest absolute Gasteiger partial charge is 0.236 e. The summed E-state index contributed by atoms with van der Waals surface area (Å²) in [5.41, 5.74) is 2.00. The summed E-state index contributed by atoms with van der Waals surface area (Å²) in [4.78, 5) is 27.4. The number of thioether (sulfide) groups is 1. The van der Waals surface area contributed by atoms with Gasteiger partial charge in [0.2, 0.25) is 11.8 Å². The quantitative estimate of drug-likeness (QED) is 0.816. The summed E-state index contributed by atoms with van der Waals surface area (Å²) in [7, 11) is 0. The zero-order chi connectivity index (χ0) is 15.8. The van der Waals surface area contributed by atoms with Crippen LogP contribution in [0.1, 0.15) is 12.5 Å². The maximum Gasteiger partial charge on any atom is 0.236 e. The van der Waals surface area contributed by atoms with Crippen molar-refractivity contribution >= 4 is 45.7 Å². The molecule has 0 atom stereocenters. The van der Waals surface area contributed by atoms with Gasteiger partial charge in [-0.15, -0.1) is 23.1 Å². The molecule has 5 nitrogen and oxygen atoms in total. The molecule has 2 amide bonds. The van der Waals surface area contributed by atoms with Gasteiger partial charge in [-0.05, 0) is 24.1 Å². The van der Waals surface area contributed by atoms with Crippen LogP contribution in [0.25, 0.3) is 0 Å². The molecule has 0 radical (unpaired) electrons. The van der Waals surface area contributed by atoms with Gasteiger partial charge in [-0.25, -0.2) is 4.98 Å². The fourth-order valence-electron chi connectivity index (χ4n) is 1.70. The Morgan fingerprint density at radius 1 is 1.14 bits per heavy atom. The molecular formula is C15H17N3O2S2. The van der Waals surface area contributed by atoms with E-state index >= 15 is 0 Å². The molecule has 0 aliphatic rings.